The standard InChI is InChI=1S/C24H16N2O5S/c1-14(27)31-18-5-2-4-16(12-18)21-20(22(28)19-6-3-11-32-19)23(29)24(30)26(21)17-9-7-15(13-25)8-10-17/h2-12,21,29H,1H3. The molecule has 158 valence electrons. The van der Waals surface area contributed by atoms with Crippen LogP contribution in [-0.4, -0.2) is 22.8 Å². The fraction of sp³-hybridized carbons (Fsp3) is 0.0833. The Kier molecular flexibility index (Phi) is 5.58. The van der Waals surface area contributed by atoms with E-state index in [4.69, 9.17) is 10.00 Å². The highest BCUT2D eigenvalue weighted by Gasteiger charge is 2.45. The molecule has 1 atom stereocenters. The molecule has 0 saturated carbocycles. The van der Waals surface area contributed by atoms with Crippen molar-refractivity contribution < 1.29 is 24.2 Å². The van der Waals surface area contributed by atoms with Gasteiger partial charge in [0, 0.05) is 12.6 Å². The van der Waals surface area contributed by atoms with Crippen molar-refractivity contribution in [3.8, 4) is 11.8 Å². The number of amides is 1. The number of Topliss-reactive ketones (excluding diaryl/α,β-unsaturated/α-hetero) is 1. The minimum atomic E-state index is -0.958. The molecule has 0 bridgehead atoms. The molecular formula is C24H16N2O5S. The van der Waals surface area contributed by atoms with Crippen molar-refractivity contribution in [3.05, 3.63) is 93.4 Å². The maximum atomic E-state index is 13.3. The van der Waals surface area contributed by atoms with Crippen LogP contribution in [0.2, 0.25) is 0 Å². The SMILES string of the molecule is CC(=O)Oc1cccc(C2C(C(=O)c3cccs3)=C(O)C(=O)N2c2ccc(C#N)cc2)c1. The average molecular weight is 444 g/mol. The normalized spacial score (nSPS) is 15.6. The lowest BCUT2D eigenvalue weighted by molar-refractivity contribution is -0.131. The lowest BCUT2D eigenvalue weighted by Crippen LogP contribution is -2.31. The van der Waals surface area contributed by atoms with Gasteiger partial charge in [-0.1, -0.05) is 18.2 Å². The fourth-order valence-electron chi connectivity index (χ4n) is 3.57. The summed E-state index contributed by atoms with van der Waals surface area (Å²) in [6.07, 6.45) is 0. The van der Waals surface area contributed by atoms with Gasteiger partial charge < -0.3 is 9.84 Å². The number of thiophene rings is 1. The Morgan fingerprint density at radius 1 is 1.12 bits per heavy atom. The van der Waals surface area contributed by atoms with Gasteiger partial charge in [-0.05, 0) is 53.4 Å². The first-order valence-electron chi connectivity index (χ1n) is 9.54. The summed E-state index contributed by atoms with van der Waals surface area (Å²) < 4.78 is 5.17. The number of hydrogen-bond acceptors (Lipinski definition) is 7. The second kappa shape index (κ2) is 8.49. The van der Waals surface area contributed by atoms with Gasteiger partial charge in [0.2, 0.25) is 5.78 Å². The first-order chi connectivity index (χ1) is 15.4. The van der Waals surface area contributed by atoms with Crippen LogP contribution >= 0.6 is 11.3 Å². The lowest BCUT2D eigenvalue weighted by atomic mass is 9.95. The third kappa shape index (κ3) is 3.77. The summed E-state index contributed by atoms with van der Waals surface area (Å²) in [6, 6.07) is 17.1. The Labute approximate surface area is 187 Å². The van der Waals surface area contributed by atoms with Crippen molar-refractivity contribution >= 4 is 34.7 Å². The number of aliphatic hydroxyl groups is 1. The Morgan fingerprint density at radius 2 is 1.88 bits per heavy atom. The predicted molar refractivity (Wildman–Crippen MR) is 117 cm³/mol. The molecule has 8 heteroatoms. The molecule has 2 heterocycles. The molecular weight excluding hydrogens is 428 g/mol. The number of aliphatic hydroxyl groups excluding tert-OH is 1. The molecule has 1 aliphatic heterocycles. The van der Waals surface area contributed by atoms with E-state index in [0.717, 1.165) is 0 Å². The molecule has 2 aromatic carbocycles. The molecule has 4 rings (SSSR count). The molecule has 3 aromatic rings. The number of anilines is 1. The zero-order chi connectivity index (χ0) is 22.8. The number of hydrogen-bond donors (Lipinski definition) is 1. The summed E-state index contributed by atoms with van der Waals surface area (Å²) in [4.78, 5) is 39.5. The van der Waals surface area contributed by atoms with E-state index in [1.807, 2.05) is 6.07 Å². The number of ketones is 1. The second-order valence-electron chi connectivity index (χ2n) is 6.97. The molecule has 1 unspecified atom stereocenters. The highest BCUT2D eigenvalue weighted by molar-refractivity contribution is 7.12. The number of carbonyl (C=O) groups is 3. The highest BCUT2D eigenvalue weighted by atomic mass is 32.1. The van der Waals surface area contributed by atoms with Crippen LogP contribution < -0.4 is 9.64 Å². The average Bonchev–Trinajstić information content (AvgIpc) is 3.41. The molecule has 1 amide bonds. The van der Waals surface area contributed by atoms with Gasteiger partial charge in [-0.2, -0.15) is 5.26 Å². The molecule has 1 aliphatic rings. The van der Waals surface area contributed by atoms with Gasteiger partial charge in [0.15, 0.2) is 5.76 Å². The Balaban J connectivity index is 1.87. The summed E-state index contributed by atoms with van der Waals surface area (Å²) in [5, 5.41) is 21.5. The van der Waals surface area contributed by atoms with Crippen molar-refractivity contribution in [1.82, 2.24) is 0 Å². The largest absolute Gasteiger partial charge is 0.503 e. The van der Waals surface area contributed by atoms with Crippen molar-refractivity contribution in [3.63, 3.8) is 0 Å². The van der Waals surface area contributed by atoms with Crippen LogP contribution in [0.25, 0.3) is 0 Å². The van der Waals surface area contributed by atoms with E-state index in [0.29, 0.717) is 21.7 Å². The quantitative estimate of drug-likeness (QED) is 0.357. The summed E-state index contributed by atoms with van der Waals surface area (Å²) in [5.41, 5.74) is 1.21. The van der Waals surface area contributed by atoms with Gasteiger partial charge in [0.05, 0.1) is 28.1 Å². The molecule has 1 N–H and O–H groups in total. The van der Waals surface area contributed by atoms with Crippen LogP contribution in [-0.2, 0) is 9.59 Å². The van der Waals surface area contributed by atoms with Crippen LogP contribution in [0.4, 0.5) is 5.69 Å². The van der Waals surface area contributed by atoms with E-state index in [1.54, 1.807) is 66.0 Å². The van der Waals surface area contributed by atoms with Gasteiger partial charge in [-0.15, -0.1) is 11.3 Å². The number of esters is 1. The molecule has 0 aliphatic carbocycles. The van der Waals surface area contributed by atoms with E-state index >= 15 is 0 Å². The molecule has 0 fully saturated rings. The first-order valence-corrected chi connectivity index (χ1v) is 10.4. The van der Waals surface area contributed by atoms with E-state index < -0.39 is 29.5 Å². The molecule has 0 spiro atoms. The second-order valence-corrected chi connectivity index (χ2v) is 7.92. The van der Waals surface area contributed by atoms with E-state index in [1.165, 1.54) is 23.2 Å². The summed E-state index contributed by atoms with van der Waals surface area (Å²) in [7, 11) is 0. The van der Waals surface area contributed by atoms with E-state index in [-0.39, 0.29) is 11.3 Å². The summed E-state index contributed by atoms with van der Waals surface area (Å²) in [5.74, 6) is -2.11. The summed E-state index contributed by atoms with van der Waals surface area (Å²) >= 11 is 1.20. The number of carbonyl (C=O) groups excluding carboxylic acids is 3. The first kappa shape index (κ1) is 21.0. The molecule has 0 saturated heterocycles. The van der Waals surface area contributed by atoms with Crippen LogP contribution in [0.3, 0.4) is 0 Å². The third-order valence-corrected chi connectivity index (χ3v) is 5.78. The summed E-state index contributed by atoms with van der Waals surface area (Å²) in [6.45, 7) is 1.27. The molecule has 32 heavy (non-hydrogen) atoms. The van der Waals surface area contributed by atoms with Gasteiger partial charge in [0.1, 0.15) is 5.75 Å². The Morgan fingerprint density at radius 3 is 2.50 bits per heavy atom. The van der Waals surface area contributed by atoms with Gasteiger partial charge in [-0.25, -0.2) is 0 Å². The van der Waals surface area contributed by atoms with Crippen LogP contribution in [0, 0.1) is 11.3 Å². The molecule has 7 nitrogen and oxygen atoms in total. The number of nitrogens with zero attached hydrogens (tertiary/aromatic N) is 2. The maximum Gasteiger partial charge on any atom is 0.308 e. The van der Waals surface area contributed by atoms with Crippen LogP contribution in [0.5, 0.6) is 5.75 Å². The lowest BCUT2D eigenvalue weighted by Gasteiger charge is -2.27. The number of rotatable bonds is 5. The maximum absolute atomic E-state index is 13.3. The predicted octanol–water partition coefficient (Wildman–Crippen LogP) is 4.33. The molecule has 1 aromatic heterocycles. The van der Waals surface area contributed by atoms with Crippen molar-refractivity contribution in [2.24, 2.45) is 0 Å². The molecule has 0 radical (unpaired) electrons. The fourth-order valence-corrected chi connectivity index (χ4v) is 4.25. The minimum absolute atomic E-state index is 0.0678. The van der Waals surface area contributed by atoms with Crippen molar-refractivity contribution in [1.29, 1.82) is 5.26 Å². The zero-order valence-electron chi connectivity index (χ0n) is 16.8. The highest BCUT2D eigenvalue weighted by Crippen LogP contribution is 2.43. The van der Waals surface area contributed by atoms with Crippen LogP contribution in [0.1, 0.15) is 33.8 Å². The smallest absolute Gasteiger partial charge is 0.308 e. The number of nitriles is 1. The monoisotopic (exact) mass is 444 g/mol. The van der Waals surface area contributed by atoms with Gasteiger partial charge >= 0.3 is 5.97 Å². The number of benzene rings is 2. The number of ether oxygens (including phenoxy) is 1. The van der Waals surface area contributed by atoms with Crippen LogP contribution in [0.15, 0.2) is 77.4 Å². The van der Waals surface area contributed by atoms with Crippen molar-refractivity contribution in [2.45, 2.75) is 13.0 Å². The topological polar surface area (TPSA) is 108 Å². The third-order valence-electron chi connectivity index (χ3n) is 4.91. The van der Waals surface area contributed by atoms with Gasteiger partial charge in [0.25, 0.3) is 5.91 Å². The Hall–Kier alpha value is -4.22. The minimum Gasteiger partial charge on any atom is -0.503 e. The van der Waals surface area contributed by atoms with E-state index in [2.05, 4.69) is 0 Å². The van der Waals surface area contributed by atoms with Crippen molar-refractivity contribution in [2.75, 3.05) is 4.90 Å². The van der Waals surface area contributed by atoms with Gasteiger partial charge in [-0.3, -0.25) is 19.3 Å². The van der Waals surface area contributed by atoms with E-state index in [9.17, 15) is 19.5 Å². The zero-order valence-corrected chi connectivity index (χ0v) is 17.6. The Bertz CT molecular complexity index is 1290.